The number of hydrogen-bond donors (Lipinski definition) is 4. The van der Waals surface area contributed by atoms with E-state index in [4.69, 9.17) is 10.2 Å². The number of alkyl halides is 3. The first-order chi connectivity index (χ1) is 14.0. The minimum atomic E-state index is -5.46. The number of carbonyl (C=O) groups excluding carboxylic acids is 1. The predicted molar refractivity (Wildman–Crippen MR) is 85.3 cm³/mol. The number of rotatable bonds is 7. The third-order valence-corrected chi connectivity index (χ3v) is 3.49. The van der Waals surface area contributed by atoms with Crippen LogP contribution in [0.3, 0.4) is 0 Å². The van der Waals surface area contributed by atoms with Crippen LogP contribution < -0.4 is 10.8 Å². The van der Waals surface area contributed by atoms with Crippen LogP contribution in [0.1, 0.15) is 15.9 Å². The van der Waals surface area contributed by atoms with Crippen LogP contribution in [0.4, 0.5) is 42.2 Å². The van der Waals surface area contributed by atoms with Crippen LogP contribution in [0.5, 0.6) is 0 Å². The molecule has 0 fully saturated rings. The molecule has 30 heavy (non-hydrogen) atoms. The lowest BCUT2D eigenvalue weighted by Gasteiger charge is -2.16. The van der Waals surface area contributed by atoms with Gasteiger partial charge in [-0.2, -0.15) is 13.2 Å². The number of carbonyl (C=O) groups is 1. The first-order valence-electron chi connectivity index (χ1n) is 7.84. The second-order valence-electron chi connectivity index (χ2n) is 5.63. The van der Waals surface area contributed by atoms with E-state index in [1.165, 1.54) is 0 Å². The van der Waals surface area contributed by atoms with Crippen LogP contribution >= 0.6 is 0 Å². The number of hydroxylamine groups is 1. The topological polar surface area (TPSA) is 104 Å². The van der Waals surface area contributed by atoms with Crippen molar-refractivity contribution in [2.24, 2.45) is 0 Å². The summed E-state index contributed by atoms with van der Waals surface area (Å²) < 4.78 is 93.7. The maximum absolute atomic E-state index is 14.2. The molecule has 0 bridgehead atoms. The van der Waals surface area contributed by atoms with E-state index in [-0.39, 0.29) is 6.20 Å². The second kappa shape index (κ2) is 9.23. The molecule has 164 valence electrons. The average molecular weight is 443 g/mol. The third-order valence-electron chi connectivity index (χ3n) is 3.49. The Bertz CT molecular complexity index is 940. The highest BCUT2D eigenvalue weighted by molar-refractivity contribution is 5.99. The summed E-state index contributed by atoms with van der Waals surface area (Å²) in [6.07, 6.45) is -6.84. The van der Waals surface area contributed by atoms with Crippen molar-refractivity contribution in [1.29, 1.82) is 0 Å². The van der Waals surface area contributed by atoms with E-state index in [0.29, 0.717) is 12.1 Å². The SMILES string of the molecule is O=C(NOCC(O)CO)c1ccc(F)c(F)c1Nc1ncc(F)c(C(F)(F)F)c1F. The van der Waals surface area contributed by atoms with Gasteiger partial charge in [-0.25, -0.2) is 28.0 Å². The van der Waals surface area contributed by atoms with Gasteiger partial charge in [-0.3, -0.25) is 9.63 Å². The number of pyridine rings is 1. The minimum absolute atomic E-state index is 0.00454. The van der Waals surface area contributed by atoms with Gasteiger partial charge in [-0.1, -0.05) is 0 Å². The molecule has 0 saturated heterocycles. The molecule has 0 aliphatic carbocycles. The zero-order valence-corrected chi connectivity index (χ0v) is 14.5. The Morgan fingerprint density at radius 1 is 1.13 bits per heavy atom. The van der Waals surface area contributed by atoms with Gasteiger partial charge in [0.1, 0.15) is 18.3 Å². The normalized spacial score (nSPS) is 12.6. The molecule has 0 aliphatic heterocycles. The van der Waals surface area contributed by atoms with Gasteiger partial charge >= 0.3 is 6.18 Å². The minimum Gasteiger partial charge on any atom is -0.394 e. The molecular weight excluding hydrogens is 431 g/mol. The molecule has 1 heterocycles. The van der Waals surface area contributed by atoms with Gasteiger partial charge in [0.25, 0.3) is 5.91 Å². The largest absolute Gasteiger partial charge is 0.422 e. The Kier molecular flexibility index (Phi) is 7.17. The number of nitrogens with zero attached hydrogens (tertiary/aromatic N) is 1. The van der Waals surface area contributed by atoms with Crippen molar-refractivity contribution < 1.29 is 50.6 Å². The van der Waals surface area contributed by atoms with E-state index in [2.05, 4.69) is 9.82 Å². The molecular formula is C16H12F7N3O4. The van der Waals surface area contributed by atoms with Crippen LogP contribution in [-0.4, -0.2) is 40.4 Å². The Balaban J connectivity index is 2.41. The number of aliphatic hydroxyl groups excluding tert-OH is 2. The lowest BCUT2D eigenvalue weighted by molar-refractivity contribution is -0.142. The Hall–Kier alpha value is -2.97. The van der Waals surface area contributed by atoms with Crippen LogP contribution in [-0.2, 0) is 11.0 Å². The molecule has 0 spiro atoms. The smallest absolute Gasteiger partial charge is 0.394 e. The predicted octanol–water partition coefficient (Wildman–Crippen LogP) is 2.42. The van der Waals surface area contributed by atoms with Crippen LogP contribution in [0, 0.1) is 23.3 Å². The quantitative estimate of drug-likeness (QED) is 0.387. The number of amides is 1. The first kappa shape index (κ1) is 23.3. The zero-order chi connectivity index (χ0) is 22.6. The molecule has 0 aliphatic rings. The fourth-order valence-electron chi connectivity index (χ4n) is 2.10. The van der Waals surface area contributed by atoms with Crippen molar-refractivity contribution in [3.05, 3.63) is 52.7 Å². The van der Waals surface area contributed by atoms with E-state index in [1.807, 2.05) is 0 Å². The molecule has 1 amide bonds. The number of hydrogen-bond acceptors (Lipinski definition) is 6. The summed E-state index contributed by atoms with van der Waals surface area (Å²) in [7, 11) is 0. The van der Waals surface area contributed by atoms with Crippen LogP contribution in [0.25, 0.3) is 0 Å². The Morgan fingerprint density at radius 2 is 1.80 bits per heavy atom. The molecule has 0 saturated carbocycles. The second-order valence-corrected chi connectivity index (χ2v) is 5.63. The Morgan fingerprint density at radius 3 is 2.40 bits per heavy atom. The highest BCUT2D eigenvalue weighted by atomic mass is 19.4. The molecule has 1 unspecified atom stereocenters. The molecule has 7 nitrogen and oxygen atoms in total. The molecule has 2 rings (SSSR count). The Labute approximate surface area is 163 Å². The van der Waals surface area contributed by atoms with Gasteiger partial charge in [0.05, 0.1) is 24.1 Å². The van der Waals surface area contributed by atoms with Crippen LogP contribution in [0.2, 0.25) is 0 Å². The van der Waals surface area contributed by atoms with Gasteiger partial charge in [0.15, 0.2) is 29.1 Å². The summed E-state index contributed by atoms with van der Waals surface area (Å²) >= 11 is 0. The standard InChI is InChI=1S/C16H12F7N3O4/c17-8-2-1-7(15(29)26-30-5-6(28)4-27)13(11(8)19)25-14-12(20)10(16(21,22)23)9(18)3-24-14/h1-3,6,27-28H,4-5H2,(H,24,25)(H,26,29). The number of anilines is 2. The fraction of sp³-hybridized carbons (Fsp3) is 0.250. The maximum atomic E-state index is 14.2. The molecule has 14 heteroatoms. The molecule has 0 radical (unpaired) electrons. The van der Waals surface area contributed by atoms with Gasteiger partial charge < -0.3 is 15.5 Å². The number of aliphatic hydroxyl groups is 2. The summed E-state index contributed by atoms with van der Waals surface area (Å²) in [5, 5.41) is 19.4. The third kappa shape index (κ3) is 5.14. The van der Waals surface area contributed by atoms with Crippen molar-refractivity contribution in [3.8, 4) is 0 Å². The number of nitrogens with one attached hydrogen (secondary N) is 2. The van der Waals surface area contributed by atoms with E-state index in [9.17, 15) is 35.5 Å². The first-order valence-corrected chi connectivity index (χ1v) is 7.84. The van der Waals surface area contributed by atoms with Crippen molar-refractivity contribution in [2.45, 2.75) is 12.3 Å². The van der Waals surface area contributed by atoms with Crippen LogP contribution in [0.15, 0.2) is 18.3 Å². The lowest BCUT2D eigenvalue weighted by Crippen LogP contribution is -2.30. The summed E-state index contributed by atoms with van der Waals surface area (Å²) in [6.45, 7) is -1.32. The molecule has 1 aromatic heterocycles. The van der Waals surface area contributed by atoms with E-state index >= 15 is 0 Å². The molecule has 4 N–H and O–H groups in total. The summed E-state index contributed by atoms with van der Waals surface area (Å²) in [5.41, 5.74) is -2.50. The molecule has 1 aromatic carbocycles. The maximum Gasteiger partial charge on any atom is 0.422 e. The van der Waals surface area contributed by atoms with E-state index in [0.717, 1.165) is 0 Å². The van der Waals surface area contributed by atoms with E-state index < -0.39 is 77.3 Å². The van der Waals surface area contributed by atoms with Gasteiger partial charge in [-0.05, 0) is 12.1 Å². The fourth-order valence-corrected chi connectivity index (χ4v) is 2.10. The van der Waals surface area contributed by atoms with Crippen molar-refractivity contribution in [3.63, 3.8) is 0 Å². The summed E-state index contributed by atoms with van der Waals surface area (Å²) in [4.78, 5) is 19.7. The molecule has 1 atom stereocenters. The zero-order valence-electron chi connectivity index (χ0n) is 14.5. The summed E-state index contributed by atoms with van der Waals surface area (Å²) in [6, 6.07) is 1.18. The molecule has 2 aromatic rings. The van der Waals surface area contributed by atoms with Gasteiger partial charge in [0.2, 0.25) is 0 Å². The highest BCUT2D eigenvalue weighted by Crippen LogP contribution is 2.36. The average Bonchev–Trinajstić information content (AvgIpc) is 2.66. The van der Waals surface area contributed by atoms with Gasteiger partial charge in [0, 0.05) is 0 Å². The highest BCUT2D eigenvalue weighted by Gasteiger charge is 2.39. The number of halogens is 7. The van der Waals surface area contributed by atoms with E-state index in [1.54, 1.807) is 10.8 Å². The lowest BCUT2D eigenvalue weighted by atomic mass is 10.1. The number of aromatic nitrogens is 1. The monoisotopic (exact) mass is 443 g/mol. The number of benzene rings is 1. The van der Waals surface area contributed by atoms with Gasteiger partial charge in [-0.15, -0.1) is 0 Å². The summed E-state index contributed by atoms with van der Waals surface area (Å²) in [5.74, 6) is -10.2. The van der Waals surface area contributed by atoms with Crippen molar-refractivity contribution >= 4 is 17.4 Å². The van der Waals surface area contributed by atoms with Crippen molar-refractivity contribution in [2.75, 3.05) is 18.5 Å². The van der Waals surface area contributed by atoms with Crippen molar-refractivity contribution in [1.82, 2.24) is 10.5 Å².